The Morgan fingerprint density at radius 1 is 0.800 bits per heavy atom. The Morgan fingerprint density at radius 2 is 1.00 bits per heavy atom. The summed E-state index contributed by atoms with van der Waals surface area (Å²) in [6, 6.07) is 0. The van der Waals surface area contributed by atoms with E-state index < -0.39 is 0 Å². The SMILES string of the molecule is CN(C)/C(Cl)=C(\Cl)N(C)C. The van der Waals surface area contributed by atoms with Crippen molar-refractivity contribution in [3.63, 3.8) is 0 Å². The quantitative estimate of drug-likeness (QED) is 0.601. The van der Waals surface area contributed by atoms with Crippen LogP contribution in [0.3, 0.4) is 0 Å². The molecule has 10 heavy (non-hydrogen) atoms. The minimum absolute atomic E-state index is 0.548. The van der Waals surface area contributed by atoms with Crippen LogP contribution >= 0.6 is 23.2 Å². The van der Waals surface area contributed by atoms with Gasteiger partial charge in [0.25, 0.3) is 0 Å². The largest absolute Gasteiger partial charge is 0.366 e. The summed E-state index contributed by atoms with van der Waals surface area (Å²) in [5.74, 6) is 0. The average molecular weight is 183 g/mol. The van der Waals surface area contributed by atoms with Gasteiger partial charge in [-0.05, 0) is 0 Å². The number of hydrogen-bond donors (Lipinski definition) is 0. The maximum Gasteiger partial charge on any atom is 0.139 e. The Hall–Kier alpha value is -0.0800. The zero-order chi connectivity index (χ0) is 8.31. The number of halogens is 2. The topological polar surface area (TPSA) is 6.48 Å². The third kappa shape index (κ3) is 2.67. The molecule has 0 saturated carbocycles. The summed E-state index contributed by atoms with van der Waals surface area (Å²) in [6.45, 7) is 0. The molecule has 0 saturated heterocycles. The van der Waals surface area contributed by atoms with Gasteiger partial charge in [-0.2, -0.15) is 0 Å². The molecule has 0 rings (SSSR count). The highest BCUT2D eigenvalue weighted by Gasteiger charge is 2.04. The maximum atomic E-state index is 5.79. The van der Waals surface area contributed by atoms with E-state index in [1.165, 1.54) is 0 Å². The molecule has 2 nitrogen and oxygen atoms in total. The highest BCUT2D eigenvalue weighted by atomic mass is 35.5. The third-order valence-corrected chi connectivity index (χ3v) is 2.09. The molecular formula is C6H12Cl2N2. The van der Waals surface area contributed by atoms with Crippen LogP contribution in [-0.4, -0.2) is 38.0 Å². The highest BCUT2D eigenvalue weighted by Crippen LogP contribution is 2.16. The first-order valence-electron chi connectivity index (χ1n) is 2.86. The van der Waals surface area contributed by atoms with E-state index in [0.29, 0.717) is 10.3 Å². The van der Waals surface area contributed by atoms with Crippen LogP contribution in [0.5, 0.6) is 0 Å². The second-order valence-corrected chi connectivity index (χ2v) is 3.09. The van der Waals surface area contributed by atoms with E-state index in [4.69, 9.17) is 23.2 Å². The fraction of sp³-hybridized carbons (Fsp3) is 0.667. The van der Waals surface area contributed by atoms with Crippen molar-refractivity contribution in [3.05, 3.63) is 10.3 Å². The van der Waals surface area contributed by atoms with E-state index >= 15 is 0 Å². The molecule has 0 aliphatic heterocycles. The molecule has 0 bridgehead atoms. The summed E-state index contributed by atoms with van der Waals surface area (Å²) in [6.07, 6.45) is 0. The average Bonchev–Trinajstić information content (AvgIpc) is 1.84. The monoisotopic (exact) mass is 182 g/mol. The summed E-state index contributed by atoms with van der Waals surface area (Å²) in [5, 5.41) is 1.10. The standard InChI is InChI=1S/C6H12Cl2N2/c1-9(2)5(7)6(8)10(3)4/h1-4H3/b6-5+. The molecule has 0 aliphatic carbocycles. The van der Waals surface area contributed by atoms with Gasteiger partial charge in [-0.1, -0.05) is 23.2 Å². The van der Waals surface area contributed by atoms with E-state index in [9.17, 15) is 0 Å². The molecule has 0 amide bonds. The van der Waals surface area contributed by atoms with E-state index in [-0.39, 0.29) is 0 Å². The Labute approximate surface area is 72.0 Å². The van der Waals surface area contributed by atoms with Gasteiger partial charge in [0.2, 0.25) is 0 Å². The first-order chi connectivity index (χ1) is 4.46. The molecule has 0 heterocycles. The summed E-state index contributed by atoms with van der Waals surface area (Å²) >= 11 is 11.6. The van der Waals surface area contributed by atoms with Crippen molar-refractivity contribution in [1.82, 2.24) is 9.80 Å². The lowest BCUT2D eigenvalue weighted by Crippen LogP contribution is -2.15. The molecule has 0 aromatic carbocycles. The number of nitrogens with zero attached hydrogens (tertiary/aromatic N) is 2. The molecule has 0 N–H and O–H groups in total. The van der Waals surface area contributed by atoms with E-state index in [1.807, 2.05) is 28.2 Å². The molecule has 0 unspecified atom stereocenters. The molecule has 60 valence electrons. The summed E-state index contributed by atoms with van der Waals surface area (Å²) < 4.78 is 0. The van der Waals surface area contributed by atoms with Crippen LogP contribution in [0, 0.1) is 0 Å². The smallest absolute Gasteiger partial charge is 0.139 e. The fourth-order valence-electron chi connectivity index (χ4n) is 0.369. The van der Waals surface area contributed by atoms with Crippen LogP contribution in [0.1, 0.15) is 0 Å². The van der Waals surface area contributed by atoms with Crippen molar-refractivity contribution in [3.8, 4) is 0 Å². The lowest BCUT2D eigenvalue weighted by Gasteiger charge is -2.17. The zero-order valence-electron chi connectivity index (χ0n) is 6.65. The van der Waals surface area contributed by atoms with Crippen LogP contribution in [0.2, 0.25) is 0 Å². The molecule has 0 aromatic rings. The normalized spacial score (nSPS) is 12.6. The van der Waals surface area contributed by atoms with Crippen LogP contribution in [-0.2, 0) is 0 Å². The fourth-order valence-corrected chi connectivity index (χ4v) is 0.707. The van der Waals surface area contributed by atoms with Gasteiger partial charge < -0.3 is 9.80 Å². The van der Waals surface area contributed by atoms with Gasteiger partial charge >= 0.3 is 0 Å². The van der Waals surface area contributed by atoms with Crippen LogP contribution in [0.25, 0.3) is 0 Å². The Balaban J connectivity index is 4.34. The second-order valence-electron chi connectivity index (χ2n) is 2.37. The van der Waals surface area contributed by atoms with Gasteiger partial charge in [0.05, 0.1) is 0 Å². The predicted molar refractivity (Wildman–Crippen MR) is 46.1 cm³/mol. The molecule has 0 fully saturated rings. The molecule has 0 radical (unpaired) electrons. The summed E-state index contributed by atoms with van der Waals surface area (Å²) in [5.41, 5.74) is 0. The van der Waals surface area contributed by atoms with Gasteiger partial charge in [0, 0.05) is 28.2 Å². The van der Waals surface area contributed by atoms with Gasteiger partial charge in [-0.25, -0.2) is 0 Å². The zero-order valence-corrected chi connectivity index (χ0v) is 8.16. The van der Waals surface area contributed by atoms with Gasteiger partial charge in [0.1, 0.15) is 10.3 Å². The Morgan fingerprint density at radius 3 is 1.10 bits per heavy atom. The molecule has 0 spiro atoms. The van der Waals surface area contributed by atoms with Gasteiger partial charge in [0.15, 0.2) is 0 Å². The Kier molecular flexibility index (Phi) is 3.91. The maximum absolute atomic E-state index is 5.79. The first-order valence-corrected chi connectivity index (χ1v) is 3.62. The molecule has 0 aromatic heterocycles. The first kappa shape index (κ1) is 9.92. The molecule has 0 aliphatic rings. The highest BCUT2D eigenvalue weighted by molar-refractivity contribution is 6.38. The van der Waals surface area contributed by atoms with E-state index in [0.717, 1.165) is 0 Å². The minimum Gasteiger partial charge on any atom is -0.366 e. The molecule has 4 heteroatoms. The minimum atomic E-state index is 0.548. The van der Waals surface area contributed by atoms with Crippen molar-refractivity contribution in [2.45, 2.75) is 0 Å². The van der Waals surface area contributed by atoms with Crippen molar-refractivity contribution < 1.29 is 0 Å². The summed E-state index contributed by atoms with van der Waals surface area (Å²) in [4.78, 5) is 3.51. The Bertz CT molecular complexity index is 125. The predicted octanol–water partition coefficient (Wildman–Crippen LogP) is 1.71. The van der Waals surface area contributed by atoms with Crippen LogP contribution in [0.15, 0.2) is 10.3 Å². The van der Waals surface area contributed by atoms with Crippen molar-refractivity contribution in [2.75, 3.05) is 28.2 Å². The second kappa shape index (κ2) is 3.94. The molecular weight excluding hydrogens is 171 g/mol. The van der Waals surface area contributed by atoms with Gasteiger partial charge in [-0.3, -0.25) is 0 Å². The summed E-state index contributed by atoms with van der Waals surface area (Å²) in [7, 11) is 7.37. The number of hydrogen-bond acceptors (Lipinski definition) is 2. The lowest BCUT2D eigenvalue weighted by molar-refractivity contribution is 0.488. The van der Waals surface area contributed by atoms with Gasteiger partial charge in [-0.15, -0.1) is 0 Å². The van der Waals surface area contributed by atoms with E-state index in [1.54, 1.807) is 9.80 Å². The van der Waals surface area contributed by atoms with Crippen LogP contribution in [0.4, 0.5) is 0 Å². The lowest BCUT2D eigenvalue weighted by atomic mass is 10.7. The number of rotatable bonds is 2. The van der Waals surface area contributed by atoms with Crippen molar-refractivity contribution in [1.29, 1.82) is 0 Å². The van der Waals surface area contributed by atoms with E-state index in [2.05, 4.69) is 0 Å². The van der Waals surface area contributed by atoms with Crippen molar-refractivity contribution >= 4 is 23.2 Å². The van der Waals surface area contributed by atoms with Crippen molar-refractivity contribution in [2.24, 2.45) is 0 Å². The van der Waals surface area contributed by atoms with Crippen LogP contribution < -0.4 is 0 Å². The molecule has 0 atom stereocenters. The third-order valence-electron chi connectivity index (χ3n) is 0.956.